The van der Waals surface area contributed by atoms with Crippen LogP contribution in [0.25, 0.3) is 0 Å². The van der Waals surface area contributed by atoms with E-state index in [0.29, 0.717) is 0 Å². The molecule has 0 spiro atoms. The van der Waals surface area contributed by atoms with Crippen LogP contribution < -0.4 is 10.1 Å². The zero-order valence-corrected chi connectivity index (χ0v) is 7.76. The molecule has 0 aromatic heterocycles. The molecule has 0 heterocycles. The number of benzene rings is 1. The molecule has 6 heteroatoms. The molecule has 0 saturated heterocycles. The van der Waals surface area contributed by atoms with Gasteiger partial charge >= 0.3 is 6.36 Å². The molecule has 1 rings (SSSR count). The highest BCUT2D eigenvalue weighted by molar-refractivity contribution is 5.94. The van der Waals surface area contributed by atoms with Gasteiger partial charge in [0.25, 0.3) is 5.91 Å². The lowest BCUT2D eigenvalue weighted by Crippen LogP contribution is -2.19. The van der Waals surface area contributed by atoms with Crippen LogP contribution in [0.2, 0.25) is 0 Å². The SMILES string of the molecule is CNC(=O)c1ccc(OC(F)(F)F)cc1. The predicted octanol–water partition coefficient (Wildman–Crippen LogP) is 1.94. The molecular weight excluding hydrogens is 211 g/mol. The van der Waals surface area contributed by atoms with Crippen molar-refractivity contribution in [1.82, 2.24) is 5.32 Å². The molecule has 3 nitrogen and oxygen atoms in total. The fourth-order valence-corrected chi connectivity index (χ4v) is 0.952. The van der Waals surface area contributed by atoms with Gasteiger partial charge in [0.15, 0.2) is 0 Å². The van der Waals surface area contributed by atoms with E-state index in [2.05, 4.69) is 10.1 Å². The lowest BCUT2D eigenvalue weighted by molar-refractivity contribution is -0.274. The van der Waals surface area contributed by atoms with E-state index in [1.165, 1.54) is 19.2 Å². The standard InChI is InChI=1S/C9H8F3NO2/c1-13-8(14)6-2-4-7(5-3-6)15-9(10,11)12/h2-5H,1H3,(H,13,14). The van der Waals surface area contributed by atoms with Gasteiger partial charge in [0.2, 0.25) is 0 Å². The molecule has 0 bridgehead atoms. The molecule has 1 amide bonds. The lowest BCUT2D eigenvalue weighted by atomic mass is 10.2. The number of alkyl halides is 3. The average Bonchev–Trinajstić information content (AvgIpc) is 2.15. The number of ether oxygens (including phenoxy) is 1. The first-order valence-corrected chi connectivity index (χ1v) is 4.00. The summed E-state index contributed by atoms with van der Waals surface area (Å²) in [5, 5.41) is 2.35. The maximum absolute atomic E-state index is 11.8. The maximum Gasteiger partial charge on any atom is 0.573 e. The van der Waals surface area contributed by atoms with Crippen LogP contribution in [-0.4, -0.2) is 19.3 Å². The topological polar surface area (TPSA) is 38.3 Å². The summed E-state index contributed by atoms with van der Waals surface area (Å²) in [5.41, 5.74) is 0.270. The Bertz CT molecular complexity index is 345. The second-order valence-corrected chi connectivity index (χ2v) is 2.65. The van der Waals surface area contributed by atoms with Crippen molar-refractivity contribution in [1.29, 1.82) is 0 Å². The highest BCUT2D eigenvalue weighted by atomic mass is 19.4. The Morgan fingerprint density at radius 2 is 1.80 bits per heavy atom. The molecule has 1 aromatic rings. The minimum atomic E-state index is -4.71. The summed E-state index contributed by atoms with van der Waals surface area (Å²) in [6.07, 6.45) is -4.71. The third-order valence-corrected chi connectivity index (χ3v) is 1.58. The molecule has 0 aliphatic carbocycles. The van der Waals surface area contributed by atoms with Gasteiger partial charge in [-0.25, -0.2) is 0 Å². The first-order chi connectivity index (χ1) is 6.92. The third kappa shape index (κ3) is 3.49. The predicted molar refractivity (Wildman–Crippen MR) is 46.5 cm³/mol. The van der Waals surface area contributed by atoms with Crippen LogP contribution >= 0.6 is 0 Å². The first kappa shape index (κ1) is 11.4. The molecular formula is C9H8F3NO2. The van der Waals surface area contributed by atoms with Gasteiger partial charge in [-0.2, -0.15) is 0 Å². The summed E-state index contributed by atoms with van der Waals surface area (Å²) in [6, 6.07) is 4.66. The van der Waals surface area contributed by atoms with Gasteiger partial charge < -0.3 is 10.1 Å². The van der Waals surface area contributed by atoms with E-state index < -0.39 is 6.36 Å². The fraction of sp³-hybridized carbons (Fsp3) is 0.222. The number of carbonyl (C=O) groups is 1. The van der Waals surface area contributed by atoms with E-state index in [9.17, 15) is 18.0 Å². The van der Waals surface area contributed by atoms with Crippen molar-refractivity contribution < 1.29 is 22.7 Å². The highest BCUT2D eigenvalue weighted by Gasteiger charge is 2.30. The van der Waals surface area contributed by atoms with Crippen LogP contribution in [0.3, 0.4) is 0 Å². The van der Waals surface area contributed by atoms with Gasteiger partial charge in [-0.1, -0.05) is 0 Å². The van der Waals surface area contributed by atoms with Crippen LogP contribution in [0.5, 0.6) is 5.75 Å². The van der Waals surface area contributed by atoms with Crippen molar-refractivity contribution in [2.45, 2.75) is 6.36 Å². The van der Waals surface area contributed by atoms with Gasteiger partial charge in [0, 0.05) is 12.6 Å². The van der Waals surface area contributed by atoms with Gasteiger partial charge in [0.1, 0.15) is 5.75 Å². The molecule has 0 aliphatic rings. The van der Waals surface area contributed by atoms with Crippen LogP contribution in [0.4, 0.5) is 13.2 Å². The van der Waals surface area contributed by atoms with E-state index in [1.807, 2.05) is 0 Å². The Labute approximate surface area is 83.8 Å². The minimum Gasteiger partial charge on any atom is -0.406 e. The quantitative estimate of drug-likeness (QED) is 0.825. The number of halogens is 3. The molecule has 0 atom stereocenters. The molecule has 0 aliphatic heterocycles. The van der Waals surface area contributed by atoms with E-state index in [1.54, 1.807) is 0 Å². The molecule has 0 radical (unpaired) electrons. The monoisotopic (exact) mass is 219 g/mol. The Hall–Kier alpha value is -1.72. The lowest BCUT2D eigenvalue weighted by Gasteiger charge is -2.08. The average molecular weight is 219 g/mol. The van der Waals surface area contributed by atoms with Crippen molar-refractivity contribution in [3.8, 4) is 5.75 Å². The van der Waals surface area contributed by atoms with Crippen molar-refractivity contribution in [3.05, 3.63) is 29.8 Å². The summed E-state index contributed by atoms with van der Waals surface area (Å²) < 4.78 is 38.9. The smallest absolute Gasteiger partial charge is 0.406 e. The van der Waals surface area contributed by atoms with Crippen molar-refractivity contribution in [2.24, 2.45) is 0 Å². The molecule has 82 valence electrons. The second kappa shape index (κ2) is 4.20. The maximum atomic E-state index is 11.8. The Morgan fingerprint density at radius 1 is 1.27 bits per heavy atom. The molecule has 1 aromatic carbocycles. The number of carbonyl (C=O) groups excluding carboxylic acids is 1. The fourth-order valence-electron chi connectivity index (χ4n) is 0.952. The zero-order valence-electron chi connectivity index (χ0n) is 7.76. The van der Waals surface area contributed by atoms with Crippen LogP contribution in [0, 0.1) is 0 Å². The number of hydrogen-bond acceptors (Lipinski definition) is 2. The number of rotatable bonds is 2. The van der Waals surface area contributed by atoms with Gasteiger partial charge in [-0.05, 0) is 24.3 Å². The van der Waals surface area contributed by atoms with E-state index in [-0.39, 0.29) is 17.2 Å². The minimum absolute atomic E-state index is 0.270. The molecule has 15 heavy (non-hydrogen) atoms. The van der Waals surface area contributed by atoms with Gasteiger partial charge in [0.05, 0.1) is 0 Å². The summed E-state index contributed by atoms with van der Waals surface area (Å²) in [6.45, 7) is 0. The van der Waals surface area contributed by atoms with Crippen molar-refractivity contribution in [2.75, 3.05) is 7.05 Å². The van der Waals surface area contributed by atoms with Crippen molar-refractivity contribution >= 4 is 5.91 Å². The van der Waals surface area contributed by atoms with Crippen LogP contribution in [0.1, 0.15) is 10.4 Å². The van der Waals surface area contributed by atoms with Gasteiger partial charge in [-0.3, -0.25) is 4.79 Å². The van der Waals surface area contributed by atoms with Gasteiger partial charge in [-0.15, -0.1) is 13.2 Å². The van der Waals surface area contributed by atoms with Crippen LogP contribution in [0.15, 0.2) is 24.3 Å². The summed E-state index contributed by atoms with van der Waals surface area (Å²) in [4.78, 5) is 11.0. The van der Waals surface area contributed by atoms with E-state index in [0.717, 1.165) is 12.1 Å². The zero-order chi connectivity index (χ0) is 11.5. The summed E-state index contributed by atoms with van der Waals surface area (Å²) in [5.74, 6) is -0.719. The number of hydrogen-bond donors (Lipinski definition) is 1. The summed E-state index contributed by atoms with van der Waals surface area (Å²) in [7, 11) is 1.43. The molecule has 1 N–H and O–H groups in total. The normalized spacial score (nSPS) is 10.9. The summed E-state index contributed by atoms with van der Waals surface area (Å²) >= 11 is 0. The van der Waals surface area contributed by atoms with E-state index in [4.69, 9.17) is 0 Å². The Kier molecular flexibility index (Phi) is 3.18. The Balaban J connectivity index is 2.77. The molecule has 0 saturated carbocycles. The molecule has 0 unspecified atom stereocenters. The van der Waals surface area contributed by atoms with Crippen molar-refractivity contribution in [3.63, 3.8) is 0 Å². The largest absolute Gasteiger partial charge is 0.573 e. The molecule has 0 fully saturated rings. The second-order valence-electron chi connectivity index (χ2n) is 2.65. The highest BCUT2D eigenvalue weighted by Crippen LogP contribution is 2.22. The number of amides is 1. The third-order valence-electron chi connectivity index (χ3n) is 1.58. The number of nitrogens with one attached hydrogen (secondary N) is 1. The Morgan fingerprint density at radius 3 is 2.20 bits per heavy atom. The van der Waals surface area contributed by atoms with Crippen LogP contribution in [-0.2, 0) is 0 Å². The first-order valence-electron chi connectivity index (χ1n) is 4.00. The van der Waals surface area contributed by atoms with E-state index >= 15 is 0 Å².